The number of nitrogen functional groups attached to an aromatic ring is 1. The number of aromatic amines is 1. The second-order valence-electron chi connectivity index (χ2n) is 7.89. The van der Waals surface area contributed by atoms with E-state index in [1.54, 1.807) is 13.3 Å². The lowest BCUT2D eigenvalue weighted by Gasteiger charge is -2.21. The highest BCUT2D eigenvalue weighted by atomic mass is 16.6. The van der Waals surface area contributed by atoms with E-state index in [2.05, 4.69) is 20.1 Å². The van der Waals surface area contributed by atoms with Crippen LogP contribution < -0.4 is 21.2 Å². The molecule has 0 amide bonds. The molecule has 4 rings (SSSR count). The minimum Gasteiger partial charge on any atom is -0.394 e. The van der Waals surface area contributed by atoms with Crippen LogP contribution in [0.25, 0.3) is 11.2 Å². The quantitative estimate of drug-likeness (QED) is 0.224. The third kappa shape index (κ3) is 4.14. The van der Waals surface area contributed by atoms with Crippen molar-refractivity contribution in [3.05, 3.63) is 40.2 Å². The number of aliphatic hydroxyl groups excluding tert-OH is 3. The highest BCUT2D eigenvalue weighted by molar-refractivity contribution is 5.81. The SMILES string of the molecule is CN(C)c1ccc(C=NN(C)c2nc3c(=O)[nH]c(N)nc3n2C2OC(CO)C(O)C2O)cc1. The van der Waals surface area contributed by atoms with Gasteiger partial charge in [-0.25, -0.2) is 9.99 Å². The summed E-state index contributed by atoms with van der Waals surface area (Å²) in [6.07, 6.45) is -3.39. The Morgan fingerprint density at radius 2 is 1.91 bits per heavy atom. The van der Waals surface area contributed by atoms with Crippen molar-refractivity contribution in [2.45, 2.75) is 24.5 Å². The molecule has 3 heterocycles. The molecule has 4 atom stereocenters. The minimum absolute atomic E-state index is 0.0403. The van der Waals surface area contributed by atoms with Gasteiger partial charge in [-0.15, -0.1) is 0 Å². The Labute approximate surface area is 188 Å². The molecule has 3 aromatic rings. The molecule has 4 unspecified atom stereocenters. The van der Waals surface area contributed by atoms with E-state index in [0.29, 0.717) is 0 Å². The number of benzene rings is 1. The van der Waals surface area contributed by atoms with Gasteiger partial charge in [-0.05, 0) is 17.7 Å². The third-order valence-corrected chi connectivity index (χ3v) is 5.40. The lowest BCUT2D eigenvalue weighted by Crippen LogP contribution is -2.33. The van der Waals surface area contributed by atoms with Crippen LogP contribution >= 0.6 is 0 Å². The predicted octanol–water partition coefficient (Wildman–Crippen LogP) is -1.15. The zero-order chi connectivity index (χ0) is 23.9. The number of anilines is 3. The number of aromatic nitrogens is 4. The van der Waals surface area contributed by atoms with E-state index in [1.165, 1.54) is 9.58 Å². The molecule has 2 aromatic heterocycles. The molecule has 1 saturated heterocycles. The van der Waals surface area contributed by atoms with Gasteiger partial charge in [0.1, 0.15) is 18.3 Å². The first-order valence-corrected chi connectivity index (χ1v) is 10.2. The van der Waals surface area contributed by atoms with Gasteiger partial charge in [0, 0.05) is 26.8 Å². The van der Waals surface area contributed by atoms with Gasteiger partial charge in [-0.2, -0.15) is 10.1 Å². The monoisotopic (exact) mass is 458 g/mol. The van der Waals surface area contributed by atoms with Crippen LogP contribution in [0.4, 0.5) is 17.6 Å². The van der Waals surface area contributed by atoms with Crippen LogP contribution in [0.2, 0.25) is 0 Å². The zero-order valence-corrected chi connectivity index (χ0v) is 18.3. The molecule has 0 radical (unpaired) electrons. The largest absolute Gasteiger partial charge is 0.394 e. The number of fused-ring (bicyclic) bond motifs is 1. The molecule has 0 saturated carbocycles. The van der Waals surface area contributed by atoms with E-state index in [0.717, 1.165) is 11.3 Å². The van der Waals surface area contributed by atoms with Gasteiger partial charge >= 0.3 is 0 Å². The Kier molecular flexibility index (Phi) is 6.03. The van der Waals surface area contributed by atoms with E-state index >= 15 is 0 Å². The summed E-state index contributed by atoms with van der Waals surface area (Å²) in [5.74, 6) is -0.0383. The number of nitrogens with two attached hydrogens (primary N) is 1. The smallest absolute Gasteiger partial charge is 0.280 e. The van der Waals surface area contributed by atoms with Crippen molar-refractivity contribution in [3.8, 4) is 0 Å². The van der Waals surface area contributed by atoms with Crippen molar-refractivity contribution in [2.75, 3.05) is 43.4 Å². The number of hydrazone groups is 1. The van der Waals surface area contributed by atoms with Gasteiger partial charge in [0.15, 0.2) is 17.4 Å². The van der Waals surface area contributed by atoms with E-state index in [1.807, 2.05) is 43.3 Å². The Morgan fingerprint density at radius 3 is 2.52 bits per heavy atom. The molecule has 1 aromatic carbocycles. The van der Waals surface area contributed by atoms with Crippen LogP contribution in [0.1, 0.15) is 11.8 Å². The first-order valence-electron chi connectivity index (χ1n) is 10.2. The molecule has 1 aliphatic heterocycles. The van der Waals surface area contributed by atoms with Crippen LogP contribution in [-0.4, -0.2) is 87.1 Å². The van der Waals surface area contributed by atoms with Gasteiger partial charge in [-0.1, -0.05) is 12.1 Å². The summed E-state index contributed by atoms with van der Waals surface area (Å²) in [6, 6.07) is 7.69. The van der Waals surface area contributed by atoms with Crippen LogP contribution in [-0.2, 0) is 4.74 Å². The van der Waals surface area contributed by atoms with Gasteiger partial charge < -0.3 is 30.7 Å². The maximum Gasteiger partial charge on any atom is 0.280 e. The molecule has 0 spiro atoms. The lowest BCUT2D eigenvalue weighted by molar-refractivity contribution is -0.0504. The summed E-state index contributed by atoms with van der Waals surface area (Å²) in [7, 11) is 5.49. The van der Waals surface area contributed by atoms with Crippen LogP contribution in [0.5, 0.6) is 0 Å². The van der Waals surface area contributed by atoms with Crippen LogP contribution in [0.15, 0.2) is 34.2 Å². The van der Waals surface area contributed by atoms with Gasteiger partial charge in [0.2, 0.25) is 11.9 Å². The number of H-pyrrole nitrogens is 1. The number of hydrogen-bond acceptors (Lipinski definition) is 11. The first-order chi connectivity index (χ1) is 15.7. The Balaban J connectivity index is 1.76. The Hall–Kier alpha value is -3.52. The second kappa shape index (κ2) is 8.78. The van der Waals surface area contributed by atoms with Crippen molar-refractivity contribution in [2.24, 2.45) is 5.10 Å². The Bertz CT molecular complexity index is 1220. The average Bonchev–Trinajstić information content (AvgIpc) is 3.30. The van der Waals surface area contributed by atoms with E-state index in [9.17, 15) is 20.1 Å². The molecule has 6 N–H and O–H groups in total. The molecule has 176 valence electrons. The van der Waals surface area contributed by atoms with Gasteiger partial charge in [0.25, 0.3) is 5.56 Å². The number of ether oxygens (including phenoxy) is 1. The second-order valence-corrected chi connectivity index (χ2v) is 7.89. The predicted molar refractivity (Wildman–Crippen MR) is 122 cm³/mol. The number of aliphatic hydroxyl groups is 3. The third-order valence-electron chi connectivity index (χ3n) is 5.40. The number of rotatable bonds is 6. The molecule has 0 bridgehead atoms. The van der Waals surface area contributed by atoms with Crippen LogP contribution in [0.3, 0.4) is 0 Å². The topological polar surface area (TPSA) is 178 Å². The zero-order valence-electron chi connectivity index (χ0n) is 18.3. The molecule has 13 nitrogen and oxygen atoms in total. The van der Waals surface area contributed by atoms with Crippen molar-refractivity contribution < 1.29 is 20.1 Å². The standard InChI is InChI=1S/C20H26N8O5/c1-26(2)11-6-4-10(5-7-11)8-22-27(3)20-23-13-16(24-19(21)25-17(13)32)28(20)18-15(31)14(30)12(9-29)33-18/h4-8,12,14-15,18,29-31H,9H2,1-3H3,(H3,21,24,25,32). The highest BCUT2D eigenvalue weighted by Gasteiger charge is 2.45. The molecule has 13 heteroatoms. The molecule has 1 fully saturated rings. The lowest BCUT2D eigenvalue weighted by atomic mass is 10.1. The maximum absolute atomic E-state index is 12.4. The van der Waals surface area contributed by atoms with Crippen molar-refractivity contribution in [3.63, 3.8) is 0 Å². The molecule has 33 heavy (non-hydrogen) atoms. The summed E-state index contributed by atoms with van der Waals surface area (Å²) in [6.45, 7) is -0.510. The minimum atomic E-state index is -1.42. The van der Waals surface area contributed by atoms with Gasteiger partial charge in [0.05, 0.1) is 12.8 Å². The summed E-state index contributed by atoms with van der Waals surface area (Å²) >= 11 is 0. The summed E-state index contributed by atoms with van der Waals surface area (Å²) in [5, 5.41) is 36.0. The normalized spacial score (nSPS) is 23.0. The fraction of sp³-hybridized carbons (Fsp3) is 0.400. The number of nitrogens with zero attached hydrogens (tertiary/aromatic N) is 6. The molecule has 1 aliphatic rings. The maximum atomic E-state index is 12.4. The van der Waals surface area contributed by atoms with Gasteiger partial charge in [-0.3, -0.25) is 14.3 Å². The van der Waals surface area contributed by atoms with Crippen molar-refractivity contribution in [1.29, 1.82) is 0 Å². The van der Waals surface area contributed by atoms with E-state index in [4.69, 9.17) is 10.5 Å². The summed E-state index contributed by atoms with van der Waals surface area (Å²) in [5.41, 5.74) is 6.98. The van der Waals surface area contributed by atoms with E-state index in [-0.39, 0.29) is 23.1 Å². The fourth-order valence-corrected chi connectivity index (χ4v) is 3.61. The highest BCUT2D eigenvalue weighted by Crippen LogP contribution is 2.34. The average molecular weight is 458 g/mol. The van der Waals surface area contributed by atoms with Crippen molar-refractivity contribution >= 4 is 35.0 Å². The molecular formula is C20H26N8O5. The Morgan fingerprint density at radius 1 is 1.21 bits per heavy atom. The summed E-state index contributed by atoms with van der Waals surface area (Å²) in [4.78, 5) is 25.3. The van der Waals surface area contributed by atoms with Crippen molar-refractivity contribution in [1.82, 2.24) is 19.5 Å². The van der Waals surface area contributed by atoms with E-state index < -0.39 is 36.7 Å². The number of hydrogen-bond donors (Lipinski definition) is 5. The molecule has 0 aliphatic carbocycles. The fourth-order valence-electron chi connectivity index (χ4n) is 3.61. The first kappa shape index (κ1) is 22.7. The van der Waals surface area contributed by atoms with Crippen LogP contribution in [0, 0.1) is 0 Å². The molecular weight excluding hydrogens is 432 g/mol. The number of nitrogens with one attached hydrogen (secondary N) is 1. The summed E-state index contributed by atoms with van der Waals surface area (Å²) < 4.78 is 6.98. The number of imidazole rings is 1.